The number of rotatable bonds is 11. The van der Waals surface area contributed by atoms with Crippen molar-refractivity contribution in [1.82, 2.24) is 14.6 Å². The van der Waals surface area contributed by atoms with Gasteiger partial charge in [-0.05, 0) is 23.3 Å². The predicted molar refractivity (Wildman–Crippen MR) is 126 cm³/mol. The van der Waals surface area contributed by atoms with Crippen LogP contribution in [0, 0.1) is 6.08 Å². The average Bonchev–Trinajstić information content (AvgIpc) is 3.48. The number of ether oxygens (including phenoxy) is 3. The lowest BCUT2D eigenvalue weighted by Gasteiger charge is -2.22. The molecule has 1 aliphatic carbocycles. The molecule has 2 heterocycles. The van der Waals surface area contributed by atoms with Crippen molar-refractivity contribution in [3.8, 4) is 0 Å². The van der Waals surface area contributed by atoms with Crippen LogP contribution < -0.4 is 5.73 Å². The molecule has 2 unspecified atom stereocenters. The summed E-state index contributed by atoms with van der Waals surface area (Å²) in [7, 11) is 0. The Balaban J connectivity index is 1.29. The minimum absolute atomic E-state index is 0.0336. The summed E-state index contributed by atoms with van der Waals surface area (Å²) >= 11 is 0. The number of nitrogen functional groups attached to an aromatic ring is 1. The Morgan fingerprint density at radius 3 is 2.34 bits per heavy atom. The summed E-state index contributed by atoms with van der Waals surface area (Å²) in [6.45, 7) is 0.495. The van der Waals surface area contributed by atoms with E-state index in [0.717, 1.165) is 11.1 Å². The first kappa shape index (κ1) is 23.3. The van der Waals surface area contributed by atoms with Crippen LogP contribution in [0.1, 0.15) is 29.3 Å². The van der Waals surface area contributed by atoms with E-state index in [1.54, 1.807) is 12.1 Å². The maximum absolute atomic E-state index is 15.6. The topological polar surface area (TPSA) is 83.9 Å². The van der Waals surface area contributed by atoms with E-state index in [2.05, 4.69) is 10.1 Å². The average molecular weight is 481 g/mol. The second-order valence-electron chi connectivity index (χ2n) is 8.50. The van der Waals surface area contributed by atoms with Gasteiger partial charge in [0.25, 0.3) is 0 Å². The molecule has 4 aromatic rings. The number of alkyl halides is 1. The van der Waals surface area contributed by atoms with Crippen molar-refractivity contribution in [2.45, 2.75) is 44.1 Å². The number of aromatic nitrogens is 3. The zero-order valence-corrected chi connectivity index (χ0v) is 19.0. The van der Waals surface area contributed by atoms with E-state index in [1.165, 1.54) is 4.52 Å². The molecule has 0 spiro atoms. The smallest absolute Gasteiger partial charge is 0.327 e. The molecule has 9 heteroatoms. The molecule has 0 bridgehead atoms. The van der Waals surface area contributed by atoms with E-state index in [0.29, 0.717) is 24.2 Å². The normalized spacial score (nSPS) is 19.0. The summed E-state index contributed by atoms with van der Waals surface area (Å²) < 4.78 is 48.4. The van der Waals surface area contributed by atoms with E-state index in [-0.39, 0.29) is 31.2 Å². The molecule has 0 amide bonds. The highest BCUT2D eigenvalue weighted by molar-refractivity contribution is 5.65. The molecular formula is C26H26F2N4O3. The van der Waals surface area contributed by atoms with Crippen LogP contribution in [-0.2, 0) is 27.4 Å². The van der Waals surface area contributed by atoms with Crippen LogP contribution in [0.15, 0.2) is 72.8 Å². The number of nitrogens with two attached hydrogens (primary N) is 1. The van der Waals surface area contributed by atoms with E-state index in [1.807, 2.05) is 60.7 Å². The molecule has 1 fully saturated rings. The van der Waals surface area contributed by atoms with Crippen molar-refractivity contribution in [2.24, 2.45) is 0 Å². The molecule has 1 saturated carbocycles. The number of hydrogen-bond acceptors (Lipinski definition) is 6. The highest BCUT2D eigenvalue weighted by atomic mass is 19.1. The molecule has 5 rings (SSSR count). The fourth-order valence-corrected chi connectivity index (χ4v) is 3.95. The summed E-state index contributed by atoms with van der Waals surface area (Å²) in [4.78, 5) is 3.54. The van der Waals surface area contributed by atoms with Gasteiger partial charge in [-0.15, -0.1) is 5.10 Å². The maximum Gasteiger partial charge on any atom is 0.327 e. The lowest BCUT2D eigenvalue weighted by atomic mass is 10.1. The van der Waals surface area contributed by atoms with Gasteiger partial charge in [0, 0.05) is 6.42 Å². The van der Waals surface area contributed by atoms with Crippen LogP contribution in [0.5, 0.6) is 0 Å². The Labute approximate surface area is 201 Å². The van der Waals surface area contributed by atoms with Crippen LogP contribution in [0.3, 0.4) is 0 Å². The summed E-state index contributed by atoms with van der Waals surface area (Å²) in [5.41, 5.74) is 8.52. The van der Waals surface area contributed by atoms with Gasteiger partial charge in [-0.1, -0.05) is 60.7 Å². The standard InChI is InChI=1S/C26H26F2N4O3/c27-19(16-33-14-17-7-3-1-4-8-17)24(20-11-12-21-25(29)30-26(28)31-32(20)21)35-23-13-22(23)34-15-18-9-5-2-6-10-18/h1-12,19,22-24H,13-16H2,(H2,29,30,31)/t19-,22?,23+,24?/m1/s1. The van der Waals surface area contributed by atoms with E-state index in [9.17, 15) is 4.39 Å². The fraction of sp³-hybridized carbons (Fsp3) is 0.308. The monoisotopic (exact) mass is 480 g/mol. The third kappa shape index (κ3) is 5.64. The summed E-state index contributed by atoms with van der Waals surface area (Å²) in [6.07, 6.45) is -3.42. The van der Waals surface area contributed by atoms with Crippen molar-refractivity contribution in [2.75, 3.05) is 12.3 Å². The summed E-state index contributed by atoms with van der Waals surface area (Å²) in [6, 6.07) is 22.5. The number of fused-ring (bicyclic) bond motifs is 1. The molecule has 182 valence electrons. The Morgan fingerprint density at radius 1 is 0.943 bits per heavy atom. The van der Waals surface area contributed by atoms with Gasteiger partial charge in [0.2, 0.25) is 0 Å². The van der Waals surface area contributed by atoms with Crippen molar-refractivity contribution >= 4 is 11.3 Å². The van der Waals surface area contributed by atoms with Gasteiger partial charge in [-0.2, -0.15) is 9.37 Å². The zero-order valence-electron chi connectivity index (χ0n) is 19.0. The highest BCUT2D eigenvalue weighted by Crippen LogP contribution is 2.37. The van der Waals surface area contributed by atoms with Crippen molar-refractivity contribution < 1.29 is 23.0 Å². The fourth-order valence-electron chi connectivity index (χ4n) is 3.95. The first-order chi connectivity index (χ1) is 17.1. The lowest BCUT2D eigenvalue weighted by Crippen LogP contribution is -2.26. The Hall–Kier alpha value is -3.40. The first-order valence-corrected chi connectivity index (χ1v) is 11.5. The maximum atomic E-state index is 15.6. The minimum Gasteiger partial charge on any atom is -0.382 e. The van der Waals surface area contributed by atoms with Crippen molar-refractivity contribution in [3.05, 3.63) is 95.7 Å². The molecule has 0 radical (unpaired) electrons. The zero-order chi connectivity index (χ0) is 24.2. The molecule has 2 aromatic carbocycles. The minimum atomic E-state index is -1.54. The third-order valence-corrected chi connectivity index (χ3v) is 5.86. The Morgan fingerprint density at radius 2 is 1.63 bits per heavy atom. The number of benzene rings is 2. The molecular weight excluding hydrogens is 454 g/mol. The summed E-state index contributed by atoms with van der Waals surface area (Å²) in [5, 5.41) is 3.79. The van der Waals surface area contributed by atoms with Crippen LogP contribution >= 0.6 is 0 Å². The molecule has 1 aliphatic rings. The first-order valence-electron chi connectivity index (χ1n) is 11.5. The second kappa shape index (κ2) is 10.5. The highest BCUT2D eigenvalue weighted by Gasteiger charge is 2.44. The molecule has 2 N–H and O–H groups in total. The number of halogens is 2. The molecule has 2 aromatic heterocycles. The van der Waals surface area contributed by atoms with Crippen LogP contribution in [0.4, 0.5) is 14.6 Å². The lowest BCUT2D eigenvalue weighted by molar-refractivity contribution is -0.0676. The largest absolute Gasteiger partial charge is 0.382 e. The number of nitrogens with zero attached hydrogens (tertiary/aromatic N) is 3. The predicted octanol–water partition coefficient (Wildman–Crippen LogP) is 4.42. The second-order valence-corrected chi connectivity index (χ2v) is 8.50. The van der Waals surface area contributed by atoms with Gasteiger partial charge in [0.15, 0.2) is 12.0 Å². The molecule has 7 nitrogen and oxygen atoms in total. The quantitative estimate of drug-likeness (QED) is 0.342. The van der Waals surface area contributed by atoms with E-state index < -0.39 is 18.4 Å². The van der Waals surface area contributed by atoms with Gasteiger partial charge < -0.3 is 19.9 Å². The van der Waals surface area contributed by atoms with Crippen LogP contribution in [-0.4, -0.2) is 39.6 Å². The van der Waals surface area contributed by atoms with Gasteiger partial charge in [-0.3, -0.25) is 0 Å². The number of hydrogen-bond donors (Lipinski definition) is 1. The van der Waals surface area contributed by atoms with Gasteiger partial charge in [0.05, 0.1) is 37.7 Å². The van der Waals surface area contributed by atoms with Gasteiger partial charge in [-0.25, -0.2) is 8.91 Å². The van der Waals surface area contributed by atoms with Gasteiger partial charge in [0.1, 0.15) is 11.6 Å². The Kier molecular flexibility index (Phi) is 6.98. The SMILES string of the molecule is Nc1nc(F)nn2c(C(O[C@H]3CC3OCc3ccccc3)[C@H](F)COCc3ccccc3)ccc12. The van der Waals surface area contributed by atoms with Crippen LogP contribution in [0.2, 0.25) is 0 Å². The van der Waals surface area contributed by atoms with Crippen molar-refractivity contribution in [1.29, 1.82) is 0 Å². The van der Waals surface area contributed by atoms with Gasteiger partial charge >= 0.3 is 6.08 Å². The molecule has 35 heavy (non-hydrogen) atoms. The third-order valence-electron chi connectivity index (χ3n) is 5.86. The van der Waals surface area contributed by atoms with Crippen molar-refractivity contribution in [3.63, 3.8) is 0 Å². The molecule has 0 saturated heterocycles. The Bertz CT molecular complexity index is 1260. The van der Waals surface area contributed by atoms with E-state index >= 15 is 4.39 Å². The molecule has 0 aliphatic heterocycles. The van der Waals surface area contributed by atoms with Crippen LogP contribution in [0.25, 0.3) is 5.52 Å². The van der Waals surface area contributed by atoms with E-state index in [4.69, 9.17) is 19.9 Å². The summed E-state index contributed by atoms with van der Waals surface area (Å²) in [5.74, 6) is -0.0336. The molecule has 4 atom stereocenters. The number of anilines is 1.